The molecule has 116 valence electrons. The fourth-order valence-corrected chi connectivity index (χ4v) is 3.26. The summed E-state index contributed by atoms with van der Waals surface area (Å²) in [6.07, 6.45) is 9.97. The average Bonchev–Trinajstić information content (AvgIpc) is 2.63. The number of para-hydroxylation sites is 1. The highest BCUT2D eigenvalue weighted by atomic mass is 15.1. The Morgan fingerprint density at radius 1 is 0.870 bits per heavy atom. The minimum atomic E-state index is 0.521. The van der Waals surface area contributed by atoms with E-state index < -0.39 is 0 Å². The number of pyridine rings is 1. The van der Waals surface area contributed by atoms with Crippen LogP contribution in [0.15, 0.2) is 48.8 Å². The molecule has 1 aromatic carbocycles. The summed E-state index contributed by atoms with van der Waals surface area (Å²) in [4.78, 5) is 13.6. The Labute approximate surface area is 136 Å². The molecule has 23 heavy (non-hydrogen) atoms. The van der Waals surface area contributed by atoms with Crippen LogP contribution in [0.3, 0.4) is 0 Å². The first kappa shape index (κ1) is 14.1. The van der Waals surface area contributed by atoms with Gasteiger partial charge in [-0.05, 0) is 37.1 Å². The lowest BCUT2D eigenvalue weighted by atomic mass is 9.95. The van der Waals surface area contributed by atoms with E-state index in [1.165, 1.54) is 32.1 Å². The number of hydrogen-bond acceptors (Lipinski definition) is 4. The molecule has 2 aromatic heterocycles. The number of nitrogens with zero attached hydrogens (tertiary/aromatic N) is 3. The van der Waals surface area contributed by atoms with Crippen molar-refractivity contribution < 1.29 is 0 Å². The van der Waals surface area contributed by atoms with Gasteiger partial charge in [-0.25, -0.2) is 9.97 Å². The number of aromatic nitrogens is 3. The van der Waals surface area contributed by atoms with Crippen LogP contribution in [0, 0.1) is 0 Å². The van der Waals surface area contributed by atoms with Gasteiger partial charge in [0.1, 0.15) is 5.82 Å². The highest BCUT2D eigenvalue weighted by molar-refractivity contribution is 5.90. The Balaban J connectivity index is 1.77. The first-order valence-corrected chi connectivity index (χ1v) is 8.34. The van der Waals surface area contributed by atoms with Crippen molar-refractivity contribution in [1.82, 2.24) is 15.0 Å². The van der Waals surface area contributed by atoms with Gasteiger partial charge in [0.25, 0.3) is 0 Å². The standard InChI is InChI=1S/C19H20N4/c1-2-6-15(7-3-1)21-19-16-8-4-5-9-17(16)22-18(23-19)14-10-12-20-13-11-14/h4-5,8-13,15H,1-3,6-7H2,(H,21,22,23). The van der Waals surface area contributed by atoms with Gasteiger partial charge >= 0.3 is 0 Å². The minimum Gasteiger partial charge on any atom is -0.367 e. The van der Waals surface area contributed by atoms with Crippen LogP contribution in [-0.4, -0.2) is 21.0 Å². The highest BCUT2D eigenvalue weighted by Gasteiger charge is 2.16. The van der Waals surface area contributed by atoms with Crippen LogP contribution in [0.5, 0.6) is 0 Å². The van der Waals surface area contributed by atoms with Crippen molar-refractivity contribution >= 4 is 16.7 Å². The van der Waals surface area contributed by atoms with Gasteiger partial charge in [0, 0.05) is 29.4 Å². The summed E-state index contributed by atoms with van der Waals surface area (Å²) in [6.45, 7) is 0. The molecule has 0 amide bonds. The normalized spacial score (nSPS) is 15.7. The molecule has 1 saturated carbocycles. The predicted molar refractivity (Wildman–Crippen MR) is 93.3 cm³/mol. The summed E-state index contributed by atoms with van der Waals surface area (Å²) in [6, 6.07) is 12.6. The average molecular weight is 304 g/mol. The molecule has 2 heterocycles. The topological polar surface area (TPSA) is 50.7 Å². The number of hydrogen-bond donors (Lipinski definition) is 1. The fourth-order valence-electron chi connectivity index (χ4n) is 3.26. The van der Waals surface area contributed by atoms with Crippen LogP contribution < -0.4 is 5.32 Å². The van der Waals surface area contributed by atoms with Gasteiger partial charge in [0.15, 0.2) is 5.82 Å². The van der Waals surface area contributed by atoms with Crippen molar-refractivity contribution in [2.45, 2.75) is 38.1 Å². The molecule has 0 aliphatic heterocycles. The Kier molecular flexibility index (Phi) is 3.88. The zero-order chi connectivity index (χ0) is 15.5. The van der Waals surface area contributed by atoms with Crippen LogP contribution in [0.2, 0.25) is 0 Å². The van der Waals surface area contributed by atoms with E-state index in [2.05, 4.69) is 16.4 Å². The largest absolute Gasteiger partial charge is 0.367 e. The Hall–Kier alpha value is -2.49. The molecular weight excluding hydrogens is 284 g/mol. The van der Waals surface area contributed by atoms with E-state index in [0.717, 1.165) is 28.1 Å². The predicted octanol–water partition coefficient (Wildman–Crippen LogP) is 4.44. The smallest absolute Gasteiger partial charge is 0.162 e. The number of anilines is 1. The Bertz CT molecular complexity index is 795. The van der Waals surface area contributed by atoms with E-state index in [1.807, 2.05) is 30.3 Å². The van der Waals surface area contributed by atoms with E-state index in [0.29, 0.717) is 6.04 Å². The number of rotatable bonds is 3. The third kappa shape index (κ3) is 3.02. The third-order valence-corrected chi connectivity index (χ3v) is 4.49. The van der Waals surface area contributed by atoms with E-state index in [4.69, 9.17) is 9.97 Å². The van der Waals surface area contributed by atoms with Crippen LogP contribution >= 0.6 is 0 Å². The maximum Gasteiger partial charge on any atom is 0.162 e. The van der Waals surface area contributed by atoms with Crippen LogP contribution in [0.4, 0.5) is 5.82 Å². The molecule has 4 heteroatoms. The summed E-state index contributed by atoms with van der Waals surface area (Å²) >= 11 is 0. The van der Waals surface area contributed by atoms with Crippen molar-refractivity contribution in [1.29, 1.82) is 0 Å². The molecule has 0 atom stereocenters. The Morgan fingerprint density at radius 3 is 2.48 bits per heavy atom. The van der Waals surface area contributed by atoms with Crippen molar-refractivity contribution in [2.75, 3.05) is 5.32 Å². The van der Waals surface area contributed by atoms with Crippen molar-refractivity contribution in [3.8, 4) is 11.4 Å². The molecule has 4 nitrogen and oxygen atoms in total. The molecule has 1 aliphatic rings. The summed E-state index contributed by atoms with van der Waals surface area (Å²) in [5.74, 6) is 1.71. The summed E-state index contributed by atoms with van der Waals surface area (Å²) in [7, 11) is 0. The first-order valence-electron chi connectivity index (χ1n) is 8.34. The molecule has 3 aromatic rings. The summed E-state index contributed by atoms with van der Waals surface area (Å²) in [5, 5.41) is 4.76. The van der Waals surface area contributed by atoms with E-state index >= 15 is 0 Å². The minimum absolute atomic E-state index is 0.521. The lowest BCUT2D eigenvalue weighted by Gasteiger charge is -2.24. The zero-order valence-corrected chi connectivity index (χ0v) is 13.1. The molecule has 0 bridgehead atoms. The molecule has 1 fully saturated rings. The van der Waals surface area contributed by atoms with Gasteiger partial charge in [0.05, 0.1) is 5.52 Å². The third-order valence-electron chi connectivity index (χ3n) is 4.49. The molecule has 0 spiro atoms. The van der Waals surface area contributed by atoms with Gasteiger partial charge in [-0.2, -0.15) is 0 Å². The Morgan fingerprint density at radius 2 is 1.65 bits per heavy atom. The van der Waals surface area contributed by atoms with Crippen LogP contribution in [0.25, 0.3) is 22.3 Å². The van der Waals surface area contributed by atoms with Crippen molar-refractivity contribution in [3.63, 3.8) is 0 Å². The van der Waals surface area contributed by atoms with Crippen LogP contribution in [0.1, 0.15) is 32.1 Å². The summed E-state index contributed by atoms with van der Waals surface area (Å²) in [5.41, 5.74) is 1.98. The highest BCUT2D eigenvalue weighted by Crippen LogP contribution is 2.27. The second-order valence-corrected chi connectivity index (χ2v) is 6.13. The fraction of sp³-hybridized carbons (Fsp3) is 0.316. The SMILES string of the molecule is c1ccc2c(NC3CCCCC3)nc(-c3ccncc3)nc2c1. The molecule has 0 radical (unpaired) electrons. The number of benzene rings is 1. The molecule has 0 unspecified atom stereocenters. The van der Waals surface area contributed by atoms with Gasteiger partial charge < -0.3 is 5.32 Å². The van der Waals surface area contributed by atoms with E-state index in [1.54, 1.807) is 12.4 Å². The monoisotopic (exact) mass is 304 g/mol. The van der Waals surface area contributed by atoms with Gasteiger partial charge in [-0.1, -0.05) is 31.4 Å². The molecule has 1 aliphatic carbocycles. The van der Waals surface area contributed by atoms with E-state index in [-0.39, 0.29) is 0 Å². The quantitative estimate of drug-likeness (QED) is 0.777. The lowest BCUT2D eigenvalue weighted by molar-refractivity contribution is 0.462. The zero-order valence-electron chi connectivity index (χ0n) is 13.1. The van der Waals surface area contributed by atoms with Gasteiger partial charge in [-0.3, -0.25) is 4.98 Å². The van der Waals surface area contributed by atoms with E-state index in [9.17, 15) is 0 Å². The number of nitrogens with one attached hydrogen (secondary N) is 1. The maximum absolute atomic E-state index is 4.82. The van der Waals surface area contributed by atoms with Crippen LogP contribution in [-0.2, 0) is 0 Å². The van der Waals surface area contributed by atoms with Gasteiger partial charge in [-0.15, -0.1) is 0 Å². The number of fused-ring (bicyclic) bond motifs is 1. The van der Waals surface area contributed by atoms with Crippen molar-refractivity contribution in [3.05, 3.63) is 48.8 Å². The lowest BCUT2D eigenvalue weighted by Crippen LogP contribution is -2.23. The summed E-state index contributed by atoms with van der Waals surface area (Å²) < 4.78 is 0. The van der Waals surface area contributed by atoms with Crippen molar-refractivity contribution in [2.24, 2.45) is 0 Å². The molecule has 4 rings (SSSR count). The first-order chi connectivity index (χ1) is 11.4. The maximum atomic E-state index is 4.82. The second-order valence-electron chi connectivity index (χ2n) is 6.13. The molecule has 1 N–H and O–H groups in total. The van der Waals surface area contributed by atoms with Gasteiger partial charge in [0.2, 0.25) is 0 Å². The molecule has 0 saturated heterocycles. The second kappa shape index (κ2) is 6.32. The molecular formula is C19H20N4.